The highest BCUT2D eigenvalue weighted by molar-refractivity contribution is 5.93. The van der Waals surface area contributed by atoms with Crippen molar-refractivity contribution in [3.05, 3.63) is 23.8 Å². The van der Waals surface area contributed by atoms with Gasteiger partial charge in [-0.3, -0.25) is 9.59 Å². The molecular formula is C17H21NO5. The molecule has 23 heavy (non-hydrogen) atoms. The third kappa shape index (κ3) is 2.33. The van der Waals surface area contributed by atoms with Crippen LogP contribution in [0.25, 0.3) is 0 Å². The van der Waals surface area contributed by atoms with Crippen LogP contribution in [0.15, 0.2) is 18.2 Å². The molecule has 3 aliphatic rings. The molecule has 0 atom stereocenters. The summed E-state index contributed by atoms with van der Waals surface area (Å²) >= 11 is 0. The lowest BCUT2D eigenvalue weighted by atomic mass is 9.35. The number of benzene rings is 1. The van der Waals surface area contributed by atoms with Crippen LogP contribution in [-0.2, 0) is 20.9 Å². The van der Waals surface area contributed by atoms with Crippen LogP contribution in [0.3, 0.4) is 0 Å². The van der Waals surface area contributed by atoms with Gasteiger partial charge in [0.15, 0.2) is 0 Å². The molecule has 1 amide bonds. The van der Waals surface area contributed by atoms with E-state index in [-0.39, 0.29) is 17.3 Å². The number of ether oxygens (including phenoxy) is 3. The monoisotopic (exact) mass is 319 g/mol. The highest BCUT2D eigenvalue weighted by Gasteiger charge is 2.75. The van der Waals surface area contributed by atoms with Crippen LogP contribution in [0.5, 0.6) is 11.5 Å². The van der Waals surface area contributed by atoms with Crippen LogP contribution in [0.2, 0.25) is 0 Å². The van der Waals surface area contributed by atoms with Gasteiger partial charge < -0.3 is 19.5 Å². The highest BCUT2D eigenvalue weighted by atomic mass is 16.5. The Morgan fingerprint density at radius 3 is 2.35 bits per heavy atom. The van der Waals surface area contributed by atoms with Crippen molar-refractivity contribution in [3.63, 3.8) is 0 Å². The summed E-state index contributed by atoms with van der Waals surface area (Å²) in [4.78, 5) is 24.1. The van der Waals surface area contributed by atoms with Gasteiger partial charge in [0.1, 0.15) is 11.5 Å². The Bertz CT molecular complexity index is 635. The number of hydrogen-bond acceptors (Lipinski definition) is 5. The van der Waals surface area contributed by atoms with Crippen LogP contribution in [0.1, 0.15) is 24.8 Å². The fourth-order valence-electron chi connectivity index (χ4n) is 3.82. The zero-order valence-corrected chi connectivity index (χ0v) is 13.6. The highest BCUT2D eigenvalue weighted by Crippen LogP contribution is 2.73. The van der Waals surface area contributed by atoms with E-state index < -0.39 is 5.41 Å². The van der Waals surface area contributed by atoms with Gasteiger partial charge in [-0.15, -0.1) is 0 Å². The Morgan fingerprint density at radius 1 is 1.09 bits per heavy atom. The van der Waals surface area contributed by atoms with Gasteiger partial charge in [-0.1, -0.05) is 0 Å². The van der Waals surface area contributed by atoms with E-state index >= 15 is 0 Å². The van der Waals surface area contributed by atoms with Gasteiger partial charge in [0.05, 0.1) is 32.2 Å². The van der Waals surface area contributed by atoms with Gasteiger partial charge in [0, 0.05) is 18.2 Å². The molecule has 6 nitrogen and oxygen atoms in total. The SMILES string of the molecule is COC(=O)C12CC(C(=O)NCc3ccc(OC)cc3OC)(C1)C2. The Balaban J connectivity index is 1.58. The van der Waals surface area contributed by atoms with Crippen molar-refractivity contribution < 1.29 is 23.8 Å². The van der Waals surface area contributed by atoms with Crippen molar-refractivity contribution in [2.75, 3.05) is 21.3 Å². The first-order chi connectivity index (χ1) is 11.0. The van der Waals surface area contributed by atoms with E-state index in [0.717, 1.165) is 5.56 Å². The van der Waals surface area contributed by atoms with Crippen LogP contribution in [-0.4, -0.2) is 33.2 Å². The third-order valence-corrected chi connectivity index (χ3v) is 5.06. The largest absolute Gasteiger partial charge is 0.497 e. The first-order valence-electron chi connectivity index (χ1n) is 7.56. The minimum Gasteiger partial charge on any atom is -0.497 e. The zero-order chi connectivity index (χ0) is 16.7. The van der Waals surface area contributed by atoms with Gasteiger partial charge in [-0.05, 0) is 31.4 Å². The number of carbonyl (C=O) groups excluding carboxylic acids is 2. The van der Waals surface area contributed by atoms with Crippen molar-refractivity contribution in [1.29, 1.82) is 0 Å². The molecule has 3 fully saturated rings. The molecule has 0 aliphatic heterocycles. The first kappa shape index (κ1) is 15.6. The number of rotatable bonds is 6. The maximum Gasteiger partial charge on any atom is 0.311 e. The van der Waals surface area contributed by atoms with Gasteiger partial charge in [-0.2, -0.15) is 0 Å². The fourth-order valence-corrected chi connectivity index (χ4v) is 3.82. The number of carbonyl (C=O) groups is 2. The molecule has 1 N–H and O–H groups in total. The van der Waals surface area contributed by atoms with E-state index in [2.05, 4.69) is 5.32 Å². The summed E-state index contributed by atoms with van der Waals surface area (Å²) in [6.45, 7) is 0.388. The van der Waals surface area contributed by atoms with Crippen molar-refractivity contribution in [2.45, 2.75) is 25.8 Å². The molecule has 2 bridgehead atoms. The minimum absolute atomic E-state index is 0.00106. The fraction of sp³-hybridized carbons (Fsp3) is 0.529. The predicted octanol–water partition coefficient (Wildman–Crippen LogP) is 1.66. The Labute approximate surface area is 135 Å². The minimum atomic E-state index is -0.399. The average molecular weight is 319 g/mol. The normalized spacial score (nSPS) is 27.3. The standard InChI is InChI=1S/C17H21NO5/c1-21-12-5-4-11(13(6-12)22-2)7-18-14(19)16-8-17(9-16,10-16)15(20)23-3/h4-6H,7-10H2,1-3H3,(H,18,19). The van der Waals surface area contributed by atoms with Crippen LogP contribution >= 0.6 is 0 Å². The molecule has 0 heterocycles. The maximum absolute atomic E-state index is 12.4. The van der Waals surface area contributed by atoms with E-state index in [1.54, 1.807) is 20.3 Å². The molecule has 4 rings (SSSR count). The summed E-state index contributed by atoms with van der Waals surface area (Å²) < 4.78 is 15.3. The molecule has 0 saturated heterocycles. The summed E-state index contributed by atoms with van der Waals surface area (Å²) in [5.74, 6) is 1.19. The molecule has 0 spiro atoms. The number of hydrogen-bond donors (Lipinski definition) is 1. The van der Waals surface area contributed by atoms with Crippen LogP contribution in [0, 0.1) is 10.8 Å². The molecule has 6 heteroatoms. The Hall–Kier alpha value is -2.24. The topological polar surface area (TPSA) is 73.9 Å². The van der Waals surface area contributed by atoms with E-state index in [4.69, 9.17) is 14.2 Å². The van der Waals surface area contributed by atoms with Gasteiger partial charge in [0.25, 0.3) is 0 Å². The quantitative estimate of drug-likeness (QED) is 0.807. The van der Waals surface area contributed by atoms with E-state index in [1.165, 1.54) is 7.11 Å². The lowest BCUT2D eigenvalue weighted by Crippen LogP contribution is -2.70. The molecule has 124 valence electrons. The van der Waals surface area contributed by atoms with Gasteiger partial charge >= 0.3 is 5.97 Å². The molecule has 1 aromatic carbocycles. The predicted molar refractivity (Wildman–Crippen MR) is 82.1 cm³/mol. The summed E-state index contributed by atoms with van der Waals surface area (Å²) in [5, 5.41) is 2.95. The van der Waals surface area contributed by atoms with Crippen LogP contribution in [0.4, 0.5) is 0 Å². The molecule has 3 aliphatic carbocycles. The molecule has 0 aromatic heterocycles. The number of nitrogens with one attached hydrogen (secondary N) is 1. The number of amides is 1. The smallest absolute Gasteiger partial charge is 0.311 e. The second-order valence-electron chi connectivity index (χ2n) is 6.44. The van der Waals surface area contributed by atoms with Crippen molar-refractivity contribution in [2.24, 2.45) is 10.8 Å². The maximum atomic E-state index is 12.4. The second kappa shape index (κ2) is 5.44. The van der Waals surface area contributed by atoms with E-state index in [1.807, 2.05) is 12.1 Å². The summed E-state index contributed by atoms with van der Waals surface area (Å²) in [5.41, 5.74) is 0.105. The zero-order valence-electron chi connectivity index (χ0n) is 13.6. The molecular weight excluding hydrogens is 298 g/mol. The van der Waals surface area contributed by atoms with Gasteiger partial charge in [0.2, 0.25) is 5.91 Å². The van der Waals surface area contributed by atoms with Crippen molar-refractivity contribution >= 4 is 11.9 Å². The lowest BCUT2D eigenvalue weighted by Gasteiger charge is -2.66. The first-order valence-corrected chi connectivity index (χ1v) is 7.56. The summed E-state index contributed by atoms with van der Waals surface area (Å²) in [6.07, 6.45) is 1.79. The Kier molecular flexibility index (Phi) is 3.70. The lowest BCUT2D eigenvalue weighted by molar-refractivity contribution is -0.222. The van der Waals surface area contributed by atoms with Gasteiger partial charge in [-0.25, -0.2) is 0 Å². The van der Waals surface area contributed by atoms with Crippen LogP contribution < -0.4 is 14.8 Å². The summed E-state index contributed by atoms with van der Waals surface area (Å²) in [6, 6.07) is 5.49. The third-order valence-electron chi connectivity index (χ3n) is 5.06. The molecule has 3 saturated carbocycles. The van der Waals surface area contributed by atoms with E-state index in [0.29, 0.717) is 37.3 Å². The number of esters is 1. The van der Waals surface area contributed by atoms with E-state index in [9.17, 15) is 9.59 Å². The summed E-state index contributed by atoms with van der Waals surface area (Å²) in [7, 11) is 4.57. The van der Waals surface area contributed by atoms with Crippen molar-refractivity contribution in [1.82, 2.24) is 5.32 Å². The van der Waals surface area contributed by atoms with Crippen molar-refractivity contribution in [3.8, 4) is 11.5 Å². The molecule has 1 aromatic rings. The molecule has 0 radical (unpaired) electrons. The number of methoxy groups -OCH3 is 3. The molecule has 0 unspecified atom stereocenters. The Morgan fingerprint density at radius 2 is 1.78 bits per heavy atom. The average Bonchev–Trinajstić information content (AvgIpc) is 2.49. The second-order valence-corrected chi connectivity index (χ2v) is 6.44.